The number of benzene rings is 1. The molecule has 1 aromatic carbocycles. The first-order chi connectivity index (χ1) is 10.4. The van der Waals surface area contributed by atoms with Crippen molar-refractivity contribution in [2.75, 3.05) is 5.75 Å². The van der Waals surface area contributed by atoms with E-state index in [1.54, 1.807) is 0 Å². The summed E-state index contributed by atoms with van der Waals surface area (Å²) in [6, 6.07) is 14.6. The minimum Gasteiger partial charge on any atom is -0.300 e. The van der Waals surface area contributed by atoms with Crippen LogP contribution in [0.3, 0.4) is 0 Å². The molecule has 4 rings (SSSR count). The van der Waals surface area contributed by atoms with Gasteiger partial charge in [0.2, 0.25) is 0 Å². The maximum Gasteiger partial charge on any atom is 0.160 e. The smallest absolute Gasteiger partial charge is 0.160 e. The van der Waals surface area contributed by atoms with E-state index in [9.17, 15) is 0 Å². The first-order valence-electron chi connectivity index (χ1n) is 7.39. The molecule has 1 aliphatic rings. The minimum absolute atomic E-state index is 0.489. The quantitative estimate of drug-likeness (QED) is 0.730. The Labute approximate surface area is 128 Å². The van der Waals surface area contributed by atoms with Gasteiger partial charge in [0.1, 0.15) is 11.3 Å². The lowest BCUT2D eigenvalue weighted by Crippen LogP contribution is -2.08. The number of pyridine rings is 1. The predicted octanol–water partition coefficient (Wildman–Crippen LogP) is 4.05. The van der Waals surface area contributed by atoms with Gasteiger partial charge in [0.05, 0.1) is 5.37 Å². The second-order valence-corrected chi connectivity index (χ2v) is 6.66. The van der Waals surface area contributed by atoms with Crippen molar-refractivity contribution in [2.45, 2.75) is 24.6 Å². The Bertz CT molecular complexity index is 745. The number of rotatable bonds is 3. The Kier molecular flexibility index (Phi) is 3.39. The Balaban J connectivity index is 1.81. The molecule has 0 spiro atoms. The van der Waals surface area contributed by atoms with E-state index in [1.165, 1.54) is 24.2 Å². The van der Waals surface area contributed by atoms with Crippen LogP contribution in [0.5, 0.6) is 0 Å². The summed E-state index contributed by atoms with van der Waals surface area (Å²) in [6.07, 6.45) is 5.24. The summed E-state index contributed by atoms with van der Waals surface area (Å²) >= 11 is 2.02. The Morgan fingerprint density at radius 3 is 2.86 bits per heavy atom. The molecule has 0 aliphatic carbocycles. The topological polar surface area (TPSA) is 30.7 Å². The summed E-state index contributed by atoms with van der Waals surface area (Å²) in [5.74, 6) is 2.37. The lowest BCUT2D eigenvalue weighted by Gasteiger charge is -2.15. The van der Waals surface area contributed by atoms with Crippen LogP contribution in [0.2, 0.25) is 0 Å². The van der Waals surface area contributed by atoms with Crippen LogP contribution in [0.15, 0.2) is 48.7 Å². The summed E-state index contributed by atoms with van der Waals surface area (Å²) in [5.41, 5.74) is 3.34. The highest BCUT2D eigenvalue weighted by atomic mass is 32.2. The molecule has 1 fully saturated rings. The monoisotopic (exact) mass is 295 g/mol. The second kappa shape index (κ2) is 5.53. The van der Waals surface area contributed by atoms with Crippen LogP contribution in [0, 0.1) is 0 Å². The molecule has 0 radical (unpaired) electrons. The SMILES string of the molecule is c1ccc(Cc2nc3cccnc3n2C2CCCS2)cc1. The molecule has 0 amide bonds. The third-order valence-corrected chi connectivity index (χ3v) is 5.28. The molecule has 1 aliphatic heterocycles. The summed E-state index contributed by atoms with van der Waals surface area (Å²) in [4.78, 5) is 9.41. The molecule has 3 heterocycles. The lowest BCUT2D eigenvalue weighted by molar-refractivity contribution is 0.629. The van der Waals surface area contributed by atoms with Gasteiger partial charge in [-0.1, -0.05) is 30.3 Å². The fraction of sp³-hybridized carbons (Fsp3) is 0.294. The maximum atomic E-state index is 4.84. The van der Waals surface area contributed by atoms with E-state index < -0.39 is 0 Å². The molecule has 1 saturated heterocycles. The standard InChI is InChI=1S/C17H17N3S/c1-2-6-13(7-3-1)12-15-19-14-8-4-10-18-17(14)20(15)16-9-5-11-21-16/h1-4,6-8,10,16H,5,9,11-12H2. The lowest BCUT2D eigenvalue weighted by atomic mass is 10.1. The molecule has 0 N–H and O–H groups in total. The summed E-state index contributed by atoms with van der Waals surface area (Å²) < 4.78 is 2.36. The van der Waals surface area contributed by atoms with Crippen molar-refractivity contribution in [2.24, 2.45) is 0 Å². The number of hydrogen-bond acceptors (Lipinski definition) is 3. The van der Waals surface area contributed by atoms with Crippen molar-refractivity contribution in [1.29, 1.82) is 0 Å². The fourth-order valence-corrected chi connectivity index (χ4v) is 4.26. The molecule has 3 nitrogen and oxygen atoms in total. The molecule has 3 aromatic rings. The van der Waals surface area contributed by atoms with Crippen LogP contribution in [0.25, 0.3) is 11.2 Å². The van der Waals surface area contributed by atoms with Crippen molar-refractivity contribution < 1.29 is 0 Å². The van der Waals surface area contributed by atoms with Gasteiger partial charge in [-0.3, -0.25) is 4.57 Å². The number of nitrogens with zero attached hydrogens (tertiary/aromatic N) is 3. The molecule has 4 heteroatoms. The minimum atomic E-state index is 0.489. The van der Waals surface area contributed by atoms with Crippen molar-refractivity contribution >= 4 is 22.9 Å². The number of aromatic nitrogens is 3. The van der Waals surface area contributed by atoms with Crippen LogP contribution in [0.1, 0.15) is 29.6 Å². The molecule has 2 aromatic heterocycles. The summed E-state index contributed by atoms with van der Waals surface area (Å²) in [6.45, 7) is 0. The van der Waals surface area contributed by atoms with Crippen molar-refractivity contribution in [3.63, 3.8) is 0 Å². The average Bonchev–Trinajstić information content (AvgIpc) is 3.14. The van der Waals surface area contributed by atoms with Gasteiger partial charge in [-0.15, -0.1) is 11.8 Å². The van der Waals surface area contributed by atoms with Crippen molar-refractivity contribution in [1.82, 2.24) is 14.5 Å². The van der Waals surface area contributed by atoms with E-state index in [4.69, 9.17) is 4.98 Å². The number of imidazole rings is 1. The first kappa shape index (κ1) is 12.9. The van der Waals surface area contributed by atoms with E-state index in [1.807, 2.05) is 24.0 Å². The van der Waals surface area contributed by atoms with E-state index in [0.29, 0.717) is 5.37 Å². The molecule has 0 saturated carbocycles. The third kappa shape index (κ3) is 2.44. The highest BCUT2D eigenvalue weighted by molar-refractivity contribution is 7.99. The van der Waals surface area contributed by atoms with Gasteiger partial charge in [0.15, 0.2) is 5.65 Å². The number of thioether (sulfide) groups is 1. The van der Waals surface area contributed by atoms with Crippen LogP contribution >= 0.6 is 11.8 Å². The van der Waals surface area contributed by atoms with E-state index in [0.717, 1.165) is 23.4 Å². The van der Waals surface area contributed by atoms with Gasteiger partial charge in [0.25, 0.3) is 0 Å². The highest BCUT2D eigenvalue weighted by Gasteiger charge is 2.23. The van der Waals surface area contributed by atoms with Gasteiger partial charge < -0.3 is 0 Å². The van der Waals surface area contributed by atoms with Gasteiger partial charge in [0, 0.05) is 12.6 Å². The van der Waals surface area contributed by atoms with Crippen LogP contribution in [-0.2, 0) is 6.42 Å². The largest absolute Gasteiger partial charge is 0.300 e. The van der Waals surface area contributed by atoms with Crippen LogP contribution in [-0.4, -0.2) is 20.3 Å². The molecule has 1 atom stereocenters. The van der Waals surface area contributed by atoms with Crippen LogP contribution in [0.4, 0.5) is 0 Å². The van der Waals surface area contributed by atoms with Crippen LogP contribution < -0.4 is 0 Å². The van der Waals surface area contributed by atoms with Crippen molar-refractivity contribution in [3.05, 3.63) is 60.0 Å². The number of fused-ring (bicyclic) bond motifs is 1. The fourth-order valence-electron chi connectivity index (χ4n) is 2.95. The summed E-state index contributed by atoms with van der Waals surface area (Å²) in [5, 5.41) is 0.489. The molecule has 21 heavy (non-hydrogen) atoms. The molecular formula is C17H17N3S. The van der Waals surface area contributed by atoms with Crippen molar-refractivity contribution in [3.8, 4) is 0 Å². The normalized spacial score (nSPS) is 18.4. The molecule has 0 bridgehead atoms. The first-order valence-corrected chi connectivity index (χ1v) is 8.44. The average molecular weight is 295 g/mol. The zero-order chi connectivity index (χ0) is 14.1. The number of hydrogen-bond donors (Lipinski definition) is 0. The van der Waals surface area contributed by atoms with E-state index >= 15 is 0 Å². The Hall–Kier alpha value is -1.81. The van der Waals surface area contributed by atoms with Gasteiger partial charge >= 0.3 is 0 Å². The Morgan fingerprint density at radius 2 is 2.05 bits per heavy atom. The second-order valence-electron chi connectivity index (χ2n) is 5.37. The van der Waals surface area contributed by atoms with E-state index in [2.05, 4.69) is 45.9 Å². The molecule has 106 valence electrons. The predicted molar refractivity (Wildman–Crippen MR) is 87.5 cm³/mol. The molecule has 1 unspecified atom stereocenters. The van der Waals surface area contributed by atoms with Gasteiger partial charge in [-0.25, -0.2) is 9.97 Å². The van der Waals surface area contributed by atoms with Gasteiger partial charge in [-0.05, 0) is 36.3 Å². The zero-order valence-electron chi connectivity index (χ0n) is 11.8. The highest BCUT2D eigenvalue weighted by Crippen LogP contribution is 2.38. The zero-order valence-corrected chi connectivity index (χ0v) is 12.6. The van der Waals surface area contributed by atoms with Gasteiger partial charge in [-0.2, -0.15) is 0 Å². The Morgan fingerprint density at radius 1 is 1.14 bits per heavy atom. The maximum absolute atomic E-state index is 4.84. The molecular weight excluding hydrogens is 278 g/mol. The third-order valence-electron chi connectivity index (χ3n) is 3.92. The summed E-state index contributed by atoms with van der Waals surface area (Å²) in [7, 11) is 0. The van der Waals surface area contributed by atoms with E-state index in [-0.39, 0.29) is 0 Å².